The molecule has 0 aliphatic heterocycles. The molecule has 124 valence electrons. The molecule has 0 aliphatic carbocycles. The zero-order valence-corrected chi connectivity index (χ0v) is 14.2. The third-order valence-electron chi connectivity index (χ3n) is 3.37. The molecule has 1 heterocycles. The standard InChI is InChI=1S/C16H22N4O2S/c1-3-14-11-16(19-12-18-14)17-9-4-10-20-23(21,22)15-7-5-13(2)6-8-15/h5-8,11-12,20H,3-4,9-10H2,1-2H3,(H,17,18,19). The van der Waals surface area contributed by atoms with Crippen molar-refractivity contribution < 1.29 is 8.42 Å². The minimum absolute atomic E-state index is 0.291. The molecule has 0 aliphatic rings. The lowest BCUT2D eigenvalue weighted by Gasteiger charge is -2.08. The van der Waals surface area contributed by atoms with Crippen LogP contribution in [-0.2, 0) is 16.4 Å². The summed E-state index contributed by atoms with van der Waals surface area (Å²) in [6.45, 7) is 4.96. The molecule has 1 aromatic carbocycles. The summed E-state index contributed by atoms with van der Waals surface area (Å²) in [5, 5.41) is 3.17. The molecular weight excluding hydrogens is 312 g/mol. The normalized spacial score (nSPS) is 11.4. The Morgan fingerprint density at radius 2 is 1.83 bits per heavy atom. The Hall–Kier alpha value is -1.99. The van der Waals surface area contributed by atoms with E-state index in [-0.39, 0.29) is 0 Å². The molecule has 2 aromatic rings. The summed E-state index contributed by atoms with van der Waals surface area (Å²) in [7, 11) is -3.44. The van der Waals surface area contributed by atoms with Crippen molar-refractivity contribution in [2.75, 3.05) is 18.4 Å². The van der Waals surface area contributed by atoms with Crippen LogP contribution in [0.25, 0.3) is 0 Å². The van der Waals surface area contributed by atoms with E-state index in [9.17, 15) is 8.42 Å². The van der Waals surface area contributed by atoms with Gasteiger partial charge in [0.25, 0.3) is 0 Å². The molecule has 6 nitrogen and oxygen atoms in total. The number of benzene rings is 1. The summed E-state index contributed by atoms with van der Waals surface area (Å²) in [5.41, 5.74) is 2.01. The Bertz CT molecular complexity index is 730. The third kappa shape index (κ3) is 5.30. The lowest BCUT2D eigenvalue weighted by atomic mass is 10.2. The summed E-state index contributed by atoms with van der Waals surface area (Å²) in [6, 6.07) is 8.70. The Morgan fingerprint density at radius 1 is 1.09 bits per heavy atom. The van der Waals surface area contributed by atoms with Gasteiger partial charge in [-0.15, -0.1) is 0 Å². The number of sulfonamides is 1. The van der Waals surface area contributed by atoms with E-state index in [0.29, 0.717) is 24.4 Å². The summed E-state index contributed by atoms with van der Waals surface area (Å²) < 4.78 is 26.8. The summed E-state index contributed by atoms with van der Waals surface area (Å²) in [5.74, 6) is 0.762. The van der Waals surface area contributed by atoms with Crippen LogP contribution in [-0.4, -0.2) is 31.5 Å². The minimum atomic E-state index is -3.44. The zero-order valence-electron chi connectivity index (χ0n) is 13.4. The van der Waals surface area contributed by atoms with E-state index in [1.165, 1.54) is 6.33 Å². The quantitative estimate of drug-likeness (QED) is 0.723. The fraction of sp³-hybridized carbons (Fsp3) is 0.375. The predicted octanol–water partition coefficient (Wildman–Crippen LogP) is 2.13. The van der Waals surface area contributed by atoms with Crippen molar-refractivity contribution in [2.45, 2.75) is 31.6 Å². The van der Waals surface area contributed by atoms with E-state index in [0.717, 1.165) is 23.5 Å². The van der Waals surface area contributed by atoms with Crippen LogP contribution < -0.4 is 10.0 Å². The molecule has 0 bridgehead atoms. The maximum atomic E-state index is 12.1. The highest BCUT2D eigenvalue weighted by molar-refractivity contribution is 7.89. The molecule has 0 unspecified atom stereocenters. The van der Waals surface area contributed by atoms with Crippen molar-refractivity contribution in [1.82, 2.24) is 14.7 Å². The van der Waals surface area contributed by atoms with E-state index < -0.39 is 10.0 Å². The molecule has 7 heteroatoms. The predicted molar refractivity (Wildman–Crippen MR) is 90.9 cm³/mol. The van der Waals surface area contributed by atoms with Gasteiger partial charge in [-0.25, -0.2) is 23.1 Å². The Kier molecular flexibility index (Phi) is 6.06. The van der Waals surface area contributed by atoms with Gasteiger partial charge in [-0.1, -0.05) is 24.6 Å². The van der Waals surface area contributed by atoms with Crippen LogP contribution in [0, 0.1) is 6.92 Å². The van der Waals surface area contributed by atoms with Gasteiger partial charge in [0, 0.05) is 24.8 Å². The SMILES string of the molecule is CCc1cc(NCCCNS(=O)(=O)c2ccc(C)cc2)ncn1. The molecule has 1 aromatic heterocycles. The minimum Gasteiger partial charge on any atom is -0.370 e. The largest absolute Gasteiger partial charge is 0.370 e. The van der Waals surface area contributed by atoms with Crippen molar-refractivity contribution >= 4 is 15.8 Å². The van der Waals surface area contributed by atoms with Crippen LogP contribution in [0.1, 0.15) is 24.6 Å². The molecule has 0 saturated carbocycles. The first-order valence-electron chi connectivity index (χ1n) is 7.62. The zero-order chi connectivity index (χ0) is 16.7. The van der Waals surface area contributed by atoms with Crippen LogP contribution in [0.3, 0.4) is 0 Å². The van der Waals surface area contributed by atoms with Gasteiger partial charge in [0.1, 0.15) is 12.1 Å². The lowest BCUT2D eigenvalue weighted by Crippen LogP contribution is -2.26. The van der Waals surface area contributed by atoms with E-state index >= 15 is 0 Å². The van der Waals surface area contributed by atoms with Gasteiger partial charge >= 0.3 is 0 Å². The molecule has 0 saturated heterocycles. The number of hydrogen-bond acceptors (Lipinski definition) is 5. The molecule has 0 spiro atoms. The fourth-order valence-corrected chi connectivity index (χ4v) is 3.07. The first-order valence-corrected chi connectivity index (χ1v) is 9.10. The maximum absolute atomic E-state index is 12.1. The first kappa shape index (κ1) is 17.4. The van der Waals surface area contributed by atoms with E-state index in [4.69, 9.17) is 0 Å². The molecule has 0 fully saturated rings. The number of nitrogens with one attached hydrogen (secondary N) is 2. The molecule has 2 rings (SSSR count). The van der Waals surface area contributed by atoms with Crippen LogP contribution in [0.4, 0.5) is 5.82 Å². The summed E-state index contributed by atoms with van der Waals surface area (Å²) >= 11 is 0. The van der Waals surface area contributed by atoms with Crippen LogP contribution >= 0.6 is 0 Å². The van der Waals surface area contributed by atoms with Gasteiger partial charge in [-0.2, -0.15) is 0 Å². The van der Waals surface area contributed by atoms with Gasteiger partial charge in [-0.3, -0.25) is 0 Å². The van der Waals surface area contributed by atoms with Gasteiger partial charge in [0.05, 0.1) is 4.90 Å². The second kappa shape index (κ2) is 8.03. The second-order valence-electron chi connectivity index (χ2n) is 5.24. The van der Waals surface area contributed by atoms with E-state index in [2.05, 4.69) is 20.0 Å². The van der Waals surface area contributed by atoms with Crippen molar-refractivity contribution in [3.05, 3.63) is 47.9 Å². The van der Waals surface area contributed by atoms with Gasteiger partial charge in [0.2, 0.25) is 10.0 Å². The van der Waals surface area contributed by atoms with Crippen molar-refractivity contribution in [3.63, 3.8) is 0 Å². The Morgan fingerprint density at radius 3 is 2.52 bits per heavy atom. The second-order valence-corrected chi connectivity index (χ2v) is 7.01. The lowest BCUT2D eigenvalue weighted by molar-refractivity contribution is 0.580. The molecule has 23 heavy (non-hydrogen) atoms. The highest BCUT2D eigenvalue weighted by atomic mass is 32.2. The van der Waals surface area contributed by atoms with Gasteiger partial charge in [0.15, 0.2) is 0 Å². The number of aryl methyl sites for hydroxylation is 2. The topological polar surface area (TPSA) is 84.0 Å². The number of rotatable bonds is 8. The highest BCUT2D eigenvalue weighted by Crippen LogP contribution is 2.09. The highest BCUT2D eigenvalue weighted by Gasteiger charge is 2.12. The average Bonchev–Trinajstić information content (AvgIpc) is 2.55. The molecular formula is C16H22N4O2S. The smallest absolute Gasteiger partial charge is 0.240 e. The van der Waals surface area contributed by atoms with Crippen molar-refractivity contribution in [3.8, 4) is 0 Å². The Balaban J connectivity index is 1.77. The van der Waals surface area contributed by atoms with Crippen LogP contribution in [0.2, 0.25) is 0 Å². The number of aromatic nitrogens is 2. The maximum Gasteiger partial charge on any atom is 0.240 e. The number of nitrogens with zero attached hydrogens (tertiary/aromatic N) is 2. The third-order valence-corrected chi connectivity index (χ3v) is 4.85. The fourth-order valence-electron chi connectivity index (χ4n) is 2.00. The summed E-state index contributed by atoms with van der Waals surface area (Å²) in [6.07, 6.45) is 3.05. The molecule has 0 radical (unpaired) electrons. The van der Waals surface area contributed by atoms with Crippen molar-refractivity contribution in [2.24, 2.45) is 0 Å². The number of hydrogen-bond donors (Lipinski definition) is 2. The van der Waals surface area contributed by atoms with Crippen LogP contribution in [0.15, 0.2) is 41.6 Å². The van der Waals surface area contributed by atoms with Gasteiger partial charge < -0.3 is 5.32 Å². The van der Waals surface area contributed by atoms with Crippen molar-refractivity contribution in [1.29, 1.82) is 0 Å². The molecule has 0 amide bonds. The molecule has 2 N–H and O–H groups in total. The van der Waals surface area contributed by atoms with E-state index in [1.807, 2.05) is 19.9 Å². The summed E-state index contributed by atoms with van der Waals surface area (Å²) in [4.78, 5) is 8.55. The number of anilines is 1. The first-order chi connectivity index (χ1) is 11.0. The monoisotopic (exact) mass is 334 g/mol. The Labute approximate surface area is 137 Å². The average molecular weight is 334 g/mol. The van der Waals surface area contributed by atoms with E-state index in [1.54, 1.807) is 24.3 Å². The van der Waals surface area contributed by atoms with Crippen LogP contribution in [0.5, 0.6) is 0 Å². The molecule has 0 atom stereocenters. The van der Waals surface area contributed by atoms with Gasteiger partial charge in [-0.05, 0) is 31.9 Å².